The van der Waals surface area contributed by atoms with Gasteiger partial charge < -0.3 is 10.2 Å². The molecule has 0 aliphatic rings. The highest BCUT2D eigenvalue weighted by Gasteiger charge is 2.34. The Hall–Kier alpha value is -3.43. The van der Waals surface area contributed by atoms with E-state index in [9.17, 15) is 22.4 Å². The summed E-state index contributed by atoms with van der Waals surface area (Å²) in [4.78, 5) is 29.2. The summed E-state index contributed by atoms with van der Waals surface area (Å²) in [5.74, 6) is -1.68. The molecule has 3 rings (SSSR count). The maximum Gasteiger partial charge on any atom is 0.244 e. The molecular weight excluding hydrogens is 553 g/mol. The Morgan fingerprint density at radius 2 is 1.62 bits per heavy atom. The molecule has 0 saturated carbocycles. The molecule has 0 heterocycles. The number of hydrogen-bond acceptors (Lipinski definition) is 4. The number of aryl methyl sites for hydroxylation is 1. The minimum Gasteiger partial charge on any atom is -0.350 e. The fourth-order valence-electron chi connectivity index (χ4n) is 4.27. The molecule has 3 aromatic carbocycles. The van der Waals surface area contributed by atoms with E-state index in [1.165, 1.54) is 11.0 Å². The minimum absolute atomic E-state index is 0.0384. The third-order valence-corrected chi connectivity index (χ3v) is 7.51. The van der Waals surface area contributed by atoms with Crippen LogP contribution >= 0.6 is 11.6 Å². The second kappa shape index (κ2) is 12.8. The number of halogens is 2. The zero-order valence-corrected chi connectivity index (χ0v) is 24.9. The van der Waals surface area contributed by atoms with Crippen LogP contribution in [0, 0.1) is 12.7 Å². The van der Waals surface area contributed by atoms with Crippen LogP contribution in [0.1, 0.15) is 37.5 Å². The van der Waals surface area contributed by atoms with E-state index in [0.29, 0.717) is 0 Å². The highest BCUT2D eigenvalue weighted by molar-refractivity contribution is 7.92. The summed E-state index contributed by atoms with van der Waals surface area (Å²) in [5.41, 5.74) is 2.06. The van der Waals surface area contributed by atoms with Crippen molar-refractivity contribution < 1.29 is 22.4 Å². The van der Waals surface area contributed by atoms with Gasteiger partial charge in [0.15, 0.2) is 0 Å². The molecule has 1 N–H and O–H groups in total. The average Bonchev–Trinajstić information content (AvgIpc) is 2.85. The van der Waals surface area contributed by atoms with Gasteiger partial charge in [0.1, 0.15) is 18.4 Å². The lowest BCUT2D eigenvalue weighted by Gasteiger charge is -2.35. The maximum atomic E-state index is 14.0. The van der Waals surface area contributed by atoms with E-state index in [2.05, 4.69) is 5.32 Å². The first kappa shape index (κ1) is 31.1. The molecule has 214 valence electrons. The molecule has 0 bridgehead atoms. The van der Waals surface area contributed by atoms with Gasteiger partial charge >= 0.3 is 0 Å². The Kier molecular flexibility index (Phi) is 9.97. The van der Waals surface area contributed by atoms with E-state index in [4.69, 9.17) is 11.6 Å². The van der Waals surface area contributed by atoms with Crippen molar-refractivity contribution in [3.63, 3.8) is 0 Å². The van der Waals surface area contributed by atoms with Gasteiger partial charge in [-0.25, -0.2) is 12.8 Å². The van der Waals surface area contributed by atoms with Crippen LogP contribution in [-0.2, 0) is 32.6 Å². The summed E-state index contributed by atoms with van der Waals surface area (Å²) in [6, 6.07) is 19.3. The van der Waals surface area contributed by atoms with Crippen molar-refractivity contribution >= 4 is 39.1 Å². The lowest BCUT2D eigenvalue weighted by atomic mass is 10.0. The number of benzene rings is 3. The molecule has 0 fully saturated rings. The predicted octanol–water partition coefficient (Wildman–Crippen LogP) is 5.11. The van der Waals surface area contributed by atoms with Crippen LogP contribution in [-0.4, -0.2) is 49.5 Å². The maximum absolute atomic E-state index is 14.0. The Morgan fingerprint density at radius 3 is 2.20 bits per heavy atom. The first-order valence-electron chi connectivity index (χ1n) is 12.8. The number of sulfonamides is 1. The largest absolute Gasteiger partial charge is 0.350 e. The molecule has 0 saturated heterocycles. The lowest BCUT2D eigenvalue weighted by molar-refractivity contribution is -0.140. The molecule has 7 nitrogen and oxygen atoms in total. The zero-order valence-electron chi connectivity index (χ0n) is 23.3. The van der Waals surface area contributed by atoms with Gasteiger partial charge in [0.2, 0.25) is 21.8 Å². The zero-order chi connectivity index (χ0) is 29.7. The summed E-state index contributed by atoms with van der Waals surface area (Å²) in [6.07, 6.45) is 1.16. The SMILES string of the molecule is Cc1cccc(CN(C(=O)CN(c2ccc(F)c(Cl)c2)S(C)(=O)=O)C(Cc2ccccc2)C(=O)NC(C)(C)C)c1. The minimum atomic E-state index is -3.99. The van der Waals surface area contributed by atoms with Gasteiger partial charge in [0, 0.05) is 18.5 Å². The third-order valence-electron chi connectivity index (χ3n) is 6.08. The summed E-state index contributed by atoms with van der Waals surface area (Å²) in [5, 5.41) is 2.70. The van der Waals surface area contributed by atoms with Gasteiger partial charge in [0.25, 0.3) is 0 Å². The molecule has 1 atom stereocenters. The molecule has 10 heteroatoms. The Balaban J connectivity index is 2.09. The van der Waals surface area contributed by atoms with Crippen LogP contribution in [0.15, 0.2) is 72.8 Å². The predicted molar refractivity (Wildman–Crippen MR) is 157 cm³/mol. The van der Waals surface area contributed by atoms with Crippen molar-refractivity contribution in [2.75, 3.05) is 17.1 Å². The van der Waals surface area contributed by atoms with Crippen LogP contribution in [0.3, 0.4) is 0 Å². The van der Waals surface area contributed by atoms with Crippen LogP contribution in [0.25, 0.3) is 0 Å². The van der Waals surface area contributed by atoms with E-state index in [1.54, 1.807) is 0 Å². The molecule has 40 heavy (non-hydrogen) atoms. The van der Waals surface area contributed by atoms with Crippen molar-refractivity contribution in [2.24, 2.45) is 0 Å². The number of hydrogen-bond donors (Lipinski definition) is 1. The quantitative estimate of drug-likeness (QED) is 0.357. The lowest BCUT2D eigenvalue weighted by Crippen LogP contribution is -2.56. The van der Waals surface area contributed by atoms with Gasteiger partial charge in [-0.1, -0.05) is 71.8 Å². The van der Waals surface area contributed by atoms with Crippen molar-refractivity contribution in [2.45, 2.75) is 52.2 Å². The first-order valence-corrected chi connectivity index (χ1v) is 15.0. The molecule has 0 radical (unpaired) electrons. The molecule has 1 unspecified atom stereocenters. The van der Waals surface area contributed by atoms with Gasteiger partial charge in [-0.05, 0) is 57.0 Å². The number of anilines is 1. The summed E-state index contributed by atoms with van der Waals surface area (Å²) >= 11 is 5.93. The molecule has 0 spiro atoms. The van der Waals surface area contributed by atoms with Crippen LogP contribution in [0.4, 0.5) is 10.1 Å². The van der Waals surface area contributed by atoms with Gasteiger partial charge in [-0.3, -0.25) is 13.9 Å². The van der Waals surface area contributed by atoms with E-state index < -0.39 is 39.9 Å². The van der Waals surface area contributed by atoms with E-state index in [0.717, 1.165) is 39.4 Å². The second-order valence-electron chi connectivity index (χ2n) is 10.8. The standard InChI is InChI=1S/C30H35ClFN3O4S/c1-21-10-9-13-23(16-21)19-34(27(29(37)33-30(2,3)4)17-22-11-7-6-8-12-22)28(36)20-35(40(5,38)39)24-14-15-26(32)25(31)18-24/h6-16,18,27H,17,19-20H2,1-5H3,(H,33,37). The van der Waals surface area contributed by atoms with Crippen LogP contribution in [0.2, 0.25) is 5.02 Å². The van der Waals surface area contributed by atoms with Crippen molar-refractivity contribution in [3.05, 3.63) is 100 Å². The fraction of sp³-hybridized carbons (Fsp3) is 0.333. The third kappa shape index (κ3) is 8.79. The summed E-state index contributed by atoms with van der Waals surface area (Å²) < 4.78 is 40.3. The topological polar surface area (TPSA) is 86.8 Å². The summed E-state index contributed by atoms with van der Waals surface area (Å²) in [6.45, 7) is 6.92. The van der Waals surface area contributed by atoms with Gasteiger partial charge in [0.05, 0.1) is 17.0 Å². The molecular formula is C30H35ClFN3O4S. The summed E-state index contributed by atoms with van der Waals surface area (Å²) in [7, 11) is -3.99. The monoisotopic (exact) mass is 587 g/mol. The van der Waals surface area contributed by atoms with E-state index in [1.807, 2.05) is 82.3 Å². The number of carbonyl (C=O) groups is 2. The van der Waals surface area contributed by atoms with Crippen LogP contribution < -0.4 is 9.62 Å². The highest BCUT2D eigenvalue weighted by atomic mass is 35.5. The Morgan fingerprint density at radius 1 is 0.975 bits per heavy atom. The Bertz CT molecular complexity index is 1460. The highest BCUT2D eigenvalue weighted by Crippen LogP contribution is 2.25. The van der Waals surface area contributed by atoms with Gasteiger partial charge in [-0.15, -0.1) is 0 Å². The van der Waals surface area contributed by atoms with Crippen molar-refractivity contribution in [1.29, 1.82) is 0 Å². The van der Waals surface area contributed by atoms with E-state index in [-0.39, 0.29) is 29.6 Å². The normalized spacial score (nSPS) is 12.5. The second-order valence-corrected chi connectivity index (χ2v) is 13.1. The smallest absolute Gasteiger partial charge is 0.244 e. The average molecular weight is 588 g/mol. The fourth-order valence-corrected chi connectivity index (χ4v) is 5.28. The number of carbonyl (C=O) groups excluding carboxylic acids is 2. The molecule has 0 aliphatic carbocycles. The number of nitrogens with one attached hydrogen (secondary N) is 1. The number of nitrogens with zero attached hydrogens (tertiary/aromatic N) is 2. The number of rotatable bonds is 10. The molecule has 2 amide bonds. The molecule has 0 aromatic heterocycles. The molecule has 3 aromatic rings. The molecule has 0 aliphatic heterocycles. The van der Waals surface area contributed by atoms with Crippen molar-refractivity contribution in [3.8, 4) is 0 Å². The van der Waals surface area contributed by atoms with Gasteiger partial charge in [-0.2, -0.15) is 0 Å². The number of amides is 2. The van der Waals surface area contributed by atoms with Crippen molar-refractivity contribution in [1.82, 2.24) is 10.2 Å². The first-order chi connectivity index (χ1) is 18.6. The Labute approximate surface area is 241 Å². The van der Waals surface area contributed by atoms with E-state index >= 15 is 0 Å². The van der Waals surface area contributed by atoms with Crippen LogP contribution in [0.5, 0.6) is 0 Å².